The van der Waals surface area contributed by atoms with E-state index in [0.29, 0.717) is 42.6 Å². The SMILES string of the molecule is COc1cc(Cl)c(C)cc1NC(=O)C(=O)N1CCN(c2ccc(F)cc2)CC1. The minimum absolute atomic E-state index is 0.290. The second kappa shape index (κ2) is 8.48. The molecular weight excluding hydrogens is 385 g/mol. The molecule has 0 bridgehead atoms. The monoisotopic (exact) mass is 405 g/mol. The molecule has 1 aliphatic heterocycles. The first-order valence-corrected chi connectivity index (χ1v) is 9.21. The molecule has 0 radical (unpaired) electrons. The maximum absolute atomic E-state index is 13.1. The number of nitrogens with one attached hydrogen (secondary N) is 1. The molecule has 0 aromatic heterocycles. The molecule has 0 atom stereocenters. The van der Waals surface area contributed by atoms with E-state index >= 15 is 0 Å². The van der Waals surface area contributed by atoms with Gasteiger partial charge in [0.25, 0.3) is 0 Å². The lowest BCUT2D eigenvalue weighted by atomic mass is 10.2. The fourth-order valence-corrected chi connectivity index (χ4v) is 3.22. The zero-order valence-electron chi connectivity index (χ0n) is 15.7. The van der Waals surface area contributed by atoms with Crippen molar-refractivity contribution in [3.05, 3.63) is 52.8 Å². The van der Waals surface area contributed by atoms with E-state index in [1.54, 1.807) is 31.2 Å². The third kappa shape index (κ3) is 4.36. The highest BCUT2D eigenvalue weighted by Gasteiger charge is 2.27. The first-order chi connectivity index (χ1) is 13.4. The summed E-state index contributed by atoms with van der Waals surface area (Å²) < 4.78 is 18.3. The first-order valence-electron chi connectivity index (χ1n) is 8.84. The van der Waals surface area contributed by atoms with Gasteiger partial charge in [-0.15, -0.1) is 0 Å². The predicted molar refractivity (Wildman–Crippen MR) is 107 cm³/mol. The van der Waals surface area contributed by atoms with E-state index in [1.165, 1.54) is 24.1 Å². The van der Waals surface area contributed by atoms with E-state index in [2.05, 4.69) is 5.32 Å². The first kappa shape index (κ1) is 19.9. The quantitative estimate of drug-likeness (QED) is 0.797. The van der Waals surface area contributed by atoms with E-state index in [4.69, 9.17) is 16.3 Å². The van der Waals surface area contributed by atoms with Crippen LogP contribution in [-0.2, 0) is 9.59 Å². The van der Waals surface area contributed by atoms with Gasteiger partial charge in [-0.3, -0.25) is 9.59 Å². The van der Waals surface area contributed by atoms with Crippen molar-refractivity contribution in [2.24, 2.45) is 0 Å². The van der Waals surface area contributed by atoms with Crippen molar-refractivity contribution in [1.82, 2.24) is 4.90 Å². The number of anilines is 2. The Kier molecular flexibility index (Phi) is 6.04. The van der Waals surface area contributed by atoms with E-state index < -0.39 is 11.8 Å². The number of piperazine rings is 1. The number of ether oxygens (including phenoxy) is 1. The molecule has 2 aromatic rings. The van der Waals surface area contributed by atoms with E-state index in [0.717, 1.165) is 11.3 Å². The lowest BCUT2D eigenvalue weighted by molar-refractivity contribution is -0.143. The van der Waals surface area contributed by atoms with E-state index in [1.807, 2.05) is 4.90 Å². The summed E-state index contributed by atoms with van der Waals surface area (Å²) in [4.78, 5) is 28.5. The molecule has 1 saturated heterocycles. The number of benzene rings is 2. The number of carbonyl (C=O) groups is 2. The third-order valence-electron chi connectivity index (χ3n) is 4.68. The van der Waals surface area contributed by atoms with Crippen LogP contribution in [-0.4, -0.2) is 50.0 Å². The largest absolute Gasteiger partial charge is 0.495 e. The highest BCUT2D eigenvalue weighted by molar-refractivity contribution is 6.39. The molecule has 148 valence electrons. The van der Waals surface area contributed by atoms with Gasteiger partial charge >= 0.3 is 11.8 Å². The maximum Gasteiger partial charge on any atom is 0.314 e. The smallest absolute Gasteiger partial charge is 0.314 e. The number of carbonyl (C=O) groups excluding carboxylic acids is 2. The van der Waals surface area contributed by atoms with Gasteiger partial charge < -0.3 is 19.9 Å². The van der Waals surface area contributed by atoms with E-state index in [9.17, 15) is 14.0 Å². The van der Waals surface area contributed by atoms with Gasteiger partial charge in [-0.1, -0.05) is 11.6 Å². The molecular formula is C20H21ClFN3O3. The molecule has 0 spiro atoms. The zero-order valence-corrected chi connectivity index (χ0v) is 16.4. The minimum Gasteiger partial charge on any atom is -0.495 e. The zero-order chi connectivity index (χ0) is 20.3. The van der Waals surface area contributed by atoms with Gasteiger partial charge in [0.2, 0.25) is 0 Å². The Morgan fingerprint density at radius 1 is 1.11 bits per heavy atom. The van der Waals surface area contributed by atoms with E-state index in [-0.39, 0.29) is 5.82 Å². The topological polar surface area (TPSA) is 61.9 Å². The normalized spacial score (nSPS) is 14.0. The number of hydrogen-bond acceptors (Lipinski definition) is 4. The molecule has 2 amide bonds. The fourth-order valence-electron chi connectivity index (χ4n) is 3.07. The predicted octanol–water partition coefficient (Wildman–Crippen LogP) is 3.08. The van der Waals surface area contributed by atoms with Gasteiger partial charge in [-0.25, -0.2) is 4.39 Å². The van der Waals surface area contributed by atoms with Crippen molar-refractivity contribution in [2.45, 2.75) is 6.92 Å². The molecule has 6 nitrogen and oxygen atoms in total. The Morgan fingerprint density at radius 2 is 1.75 bits per heavy atom. The highest BCUT2D eigenvalue weighted by Crippen LogP contribution is 2.31. The van der Waals surface area contributed by atoms with Crippen molar-refractivity contribution < 1.29 is 18.7 Å². The van der Waals surface area contributed by atoms with Crippen LogP contribution in [0.15, 0.2) is 36.4 Å². The standard InChI is InChI=1S/C20H21ClFN3O3/c1-13-11-17(18(28-2)12-16(13)21)23-19(26)20(27)25-9-7-24(8-10-25)15-5-3-14(22)4-6-15/h3-6,11-12H,7-10H2,1-2H3,(H,23,26). The number of methoxy groups -OCH3 is 1. The molecule has 1 fully saturated rings. The molecule has 0 unspecified atom stereocenters. The molecule has 2 aromatic carbocycles. The van der Waals surface area contributed by atoms with Crippen LogP contribution in [0.2, 0.25) is 5.02 Å². The maximum atomic E-state index is 13.1. The van der Waals surface area contributed by atoms with Crippen LogP contribution in [0, 0.1) is 12.7 Å². The Hall–Kier alpha value is -2.80. The van der Waals surface area contributed by atoms with Crippen LogP contribution >= 0.6 is 11.6 Å². The number of rotatable bonds is 3. The molecule has 3 rings (SSSR count). The van der Waals surface area contributed by atoms with Crippen molar-refractivity contribution in [3.63, 3.8) is 0 Å². The number of halogens is 2. The number of nitrogens with zero attached hydrogens (tertiary/aromatic N) is 2. The highest BCUT2D eigenvalue weighted by atomic mass is 35.5. The molecule has 8 heteroatoms. The molecule has 1 heterocycles. The molecule has 1 N–H and O–H groups in total. The van der Waals surface area contributed by atoms with Crippen LogP contribution in [0.4, 0.5) is 15.8 Å². The minimum atomic E-state index is -0.727. The lowest BCUT2D eigenvalue weighted by Crippen LogP contribution is -2.51. The van der Waals surface area contributed by atoms with Crippen LogP contribution in [0.25, 0.3) is 0 Å². The summed E-state index contributed by atoms with van der Waals surface area (Å²) in [7, 11) is 1.47. The summed E-state index contributed by atoms with van der Waals surface area (Å²) in [6, 6.07) is 9.48. The Balaban J connectivity index is 1.61. The summed E-state index contributed by atoms with van der Waals surface area (Å²) >= 11 is 6.06. The average molecular weight is 406 g/mol. The number of amides is 2. The van der Waals surface area contributed by atoms with Crippen molar-refractivity contribution in [3.8, 4) is 5.75 Å². The third-order valence-corrected chi connectivity index (χ3v) is 5.09. The summed E-state index contributed by atoms with van der Waals surface area (Å²) in [5, 5.41) is 3.12. The van der Waals surface area contributed by atoms with Crippen LogP contribution < -0.4 is 15.0 Å². The average Bonchev–Trinajstić information content (AvgIpc) is 2.70. The molecule has 0 saturated carbocycles. The second-order valence-electron chi connectivity index (χ2n) is 6.51. The van der Waals surface area contributed by atoms with Crippen LogP contribution in [0.5, 0.6) is 5.75 Å². The molecule has 1 aliphatic rings. The Morgan fingerprint density at radius 3 is 2.36 bits per heavy atom. The number of aryl methyl sites for hydroxylation is 1. The van der Waals surface area contributed by atoms with Gasteiger partial charge in [0.05, 0.1) is 12.8 Å². The van der Waals surface area contributed by atoms with Gasteiger partial charge in [0.15, 0.2) is 0 Å². The lowest BCUT2D eigenvalue weighted by Gasteiger charge is -2.35. The molecule has 0 aliphatic carbocycles. The van der Waals surface area contributed by atoms with Crippen LogP contribution in [0.1, 0.15) is 5.56 Å². The van der Waals surface area contributed by atoms with Gasteiger partial charge in [-0.05, 0) is 42.8 Å². The summed E-state index contributed by atoms with van der Waals surface area (Å²) in [6.07, 6.45) is 0. The van der Waals surface area contributed by atoms with Crippen molar-refractivity contribution in [1.29, 1.82) is 0 Å². The summed E-state index contributed by atoms with van der Waals surface area (Å²) in [5.41, 5.74) is 2.05. The Labute approximate surface area is 167 Å². The summed E-state index contributed by atoms with van der Waals surface area (Å²) in [6.45, 7) is 3.73. The van der Waals surface area contributed by atoms with Gasteiger partial charge in [0, 0.05) is 43.0 Å². The van der Waals surface area contributed by atoms with Crippen molar-refractivity contribution >= 4 is 34.8 Å². The Bertz CT molecular complexity index is 881. The van der Waals surface area contributed by atoms with Crippen LogP contribution in [0.3, 0.4) is 0 Å². The second-order valence-corrected chi connectivity index (χ2v) is 6.92. The fraction of sp³-hybridized carbons (Fsp3) is 0.300. The van der Waals surface area contributed by atoms with Crippen molar-refractivity contribution in [2.75, 3.05) is 43.5 Å². The van der Waals surface area contributed by atoms with Gasteiger partial charge in [-0.2, -0.15) is 0 Å². The number of hydrogen-bond donors (Lipinski definition) is 1. The van der Waals surface area contributed by atoms with Gasteiger partial charge in [0.1, 0.15) is 11.6 Å². The summed E-state index contributed by atoms with van der Waals surface area (Å²) in [5.74, 6) is -1.23. The molecule has 28 heavy (non-hydrogen) atoms.